The number of carbonyl (C=O) groups excluding carboxylic acids is 1. The van der Waals surface area contributed by atoms with Gasteiger partial charge in [0.15, 0.2) is 0 Å². The SMILES string of the molecule is COc1ccc(C(=O)Nc2cc(N)ccc2C)c(O)c1. The van der Waals surface area contributed by atoms with Gasteiger partial charge in [-0.1, -0.05) is 6.07 Å². The van der Waals surface area contributed by atoms with Crippen molar-refractivity contribution < 1.29 is 14.6 Å². The summed E-state index contributed by atoms with van der Waals surface area (Å²) in [6.07, 6.45) is 0. The van der Waals surface area contributed by atoms with E-state index in [-0.39, 0.29) is 11.3 Å². The van der Waals surface area contributed by atoms with Gasteiger partial charge < -0.3 is 20.9 Å². The minimum Gasteiger partial charge on any atom is -0.507 e. The number of nitrogens with two attached hydrogens (primary N) is 1. The highest BCUT2D eigenvalue weighted by Gasteiger charge is 2.13. The molecule has 0 unspecified atom stereocenters. The van der Waals surface area contributed by atoms with E-state index in [1.807, 2.05) is 13.0 Å². The Balaban J connectivity index is 2.26. The van der Waals surface area contributed by atoms with Gasteiger partial charge in [-0.05, 0) is 36.8 Å². The topological polar surface area (TPSA) is 84.6 Å². The van der Waals surface area contributed by atoms with Crippen LogP contribution < -0.4 is 15.8 Å². The molecular weight excluding hydrogens is 256 g/mol. The van der Waals surface area contributed by atoms with Gasteiger partial charge in [0.1, 0.15) is 11.5 Å². The number of methoxy groups -OCH3 is 1. The van der Waals surface area contributed by atoms with Crippen molar-refractivity contribution in [2.45, 2.75) is 6.92 Å². The highest BCUT2D eigenvalue weighted by Crippen LogP contribution is 2.25. The summed E-state index contributed by atoms with van der Waals surface area (Å²) in [6.45, 7) is 1.86. The molecule has 0 atom stereocenters. The third-order valence-electron chi connectivity index (χ3n) is 2.96. The second-order valence-corrected chi connectivity index (χ2v) is 4.41. The molecule has 0 aliphatic rings. The van der Waals surface area contributed by atoms with Crippen molar-refractivity contribution >= 4 is 17.3 Å². The van der Waals surface area contributed by atoms with Crippen molar-refractivity contribution in [3.8, 4) is 11.5 Å². The average molecular weight is 272 g/mol. The lowest BCUT2D eigenvalue weighted by molar-refractivity contribution is 0.102. The van der Waals surface area contributed by atoms with Gasteiger partial charge in [-0.2, -0.15) is 0 Å². The second-order valence-electron chi connectivity index (χ2n) is 4.41. The number of nitrogen functional groups attached to an aromatic ring is 1. The molecule has 5 heteroatoms. The predicted octanol–water partition coefficient (Wildman–Crippen LogP) is 2.54. The summed E-state index contributed by atoms with van der Waals surface area (Å²) in [4.78, 5) is 12.1. The van der Waals surface area contributed by atoms with Gasteiger partial charge in [0, 0.05) is 17.4 Å². The number of phenolic OH excluding ortho intramolecular Hbond substituents is 1. The molecule has 0 aromatic heterocycles. The van der Waals surface area contributed by atoms with Crippen LogP contribution in [0.3, 0.4) is 0 Å². The van der Waals surface area contributed by atoms with Crippen LogP contribution in [0.25, 0.3) is 0 Å². The smallest absolute Gasteiger partial charge is 0.259 e. The van der Waals surface area contributed by atoms with Crippen LogP contribution in [0.2, 0.25) is 0 Å². The molecule has 20 heavy (non-hydrogen) atoms. The van der Waals surface area contributed by atoms with Crippen LogP contribution in [0.15, 0.2) is 36.4 Å². The van der Waals surface area contributed by atoms with Crippen LogP contribution in [-0.2, 0) is 0 Å². The van der Waals surface area contributed by atoms with E-state index in [4.69, 9.17) is 10.5 Å². The Bertz CT molecular complexity index is 654. The molecule has 2 rings (SSSR count). The molecule has 0 aliphatic heterocycles. The predicted molar refractivity (Wildman–Crippen MR) is 78.2 cm³/mol. The Morgan fingerprint density at radius 2 is 2.00 bits per heavy atom. The second kappa shape index (κ2) is 5.52. The van der Waals surface area contributed by atoms with Gasteiger partial charge in [0.25, 0.3) is 5.91 Å². The Morgan fingerprint density at radius 1 is 1.25 bits per heavy atom. The van der Waals surface area contributed by atoms with E-state index in [2.05, 4.69) is 5.32 Å². The Labute approximate surface area is 117 Å². The molecule has 5 nitrogen and oxygen atoms in total. The number of nitrogens with one attached hydrogen (secondary N) is 1. The molecule has 0 bridgehead atoms. The number of phenols is 1. The zero-order valence-electron chi connectivity index (χ0n) is 11.3. The maximum atomic E-state index is 12.1. The molecule has 0 spiro atoms. The molecule has 0 fully saturated rings. The number of amides is 1. The number of aromatic hydroxyl groups is 1. The number of ether oxygens (including phenoxy) is 1. The van der Waals surface area contributed by atoms with Crippen molar-refractivity contribution in [2.24, 2.45) is 0 Å². The fourth-order valence-corrected chi connectivity index (χ4v) is 1.79. The number of hydrogen-bond donors (Lipinski definition) is 3. The highest BCUT2D eigenvalue weighted by molar-refractivity contribution is 6.06. The van der Waals surface area contributed by atoms with E-state index in [9.17, 15) is 9.90 Å². The molecular formula is C15H16N2O3. The normalized spacial score (nSPS) is 10.1. The van der Waals surface area contributed by atoms with Crippen molar-refractivity contribution in [3.05, 3.63) is 47.5 Å². The van der Waals surface area contributed by atoms with Gasteiger partial charge in [-0.3, -0.25) is 4.79 Å². The molecule has 0 heterocycles. The molecule has 0 aliphatic carbocycles. The van der Waals surface area contributed by atoms with Gasteiger partial charge >= 0.3 is 0 Å². The summed E-state index contributed by atoms with van der Waals surface area (Å²) in [7, 11) is 1.49. The summed E-state index contributed by atoms with van der Waals surface area (Å²) in [5.41, 5.74) is 7.93. The van der Waals surface area contributed by atoms with Crippen LogP contribution in [0.5, 0.6) is 11.5 Å². The molecule has 104 valence electrons. The fourth-order valence-electron chi connectivity index (χ4n) is 1.79. The zero-order valence-corrected chi connectivity index (χ0v) is 11.3. The zero-order chi connectivity index (χ0) is 14.7. The van der Waals surface area contributed by atoms with E-state index in [0.717, 1.165) is 5.56 Å². The Kier molecular flexibility index (Phi) is 3.79. The minimum atomic E-state index is -0.404. The molecule has 2 aromatic rings. The first kappa shape index (κ1) is 13.7. The number of rotatable bonds is 3. The van der Waals surface area contributed by atoms with Gasteiger partial charge in [0.05, 0.1) is 12.7 Å². The van der Waals surface area contributed by atoms with Crippen molar-refractivity contribution in [1.82, 2.24) is 0 Å². The lowest BCUT2D eigenvalue weighted by Crippen LogP contribution is -2.13. The van der Waals surface area contributed by atoms with Crippen LogP contribution in [0.4, 0.5) is 11.4 Å². The van der Waals surface area contributed by atoms with Crippen molar-refractivity contribution in [2.75, 3.05) is 18.2 Å². The lowest BCUT2D eigenvalue weighted by Gasteiger charge is -2.10. The van der Waals surface area contributed by atoms with Crippen LogP contribution in [-0.4, -0.2) is 18.1 Å². The van der Waals surface area contributed by atoms with E-state index in [1.54, 1.807) is 18.2 Å². The Hall–Kier alpha value is -2.69. The molecule has 0 radical (unpaired) electrons. The fraction of sp³-hybridized carbons (Fsp3) is 0.133. The molecule has 4 N–H and O–H groups in total. The van der Waals surface area contributed by atoms with Gasteiger partial charge in [-0.25, -0.2) is 0 Å². The van der Waals surface area contributed by atoms with E-state index in [1.165, 1.54) is 19.2 Å². The number of benzene rings is 2. The van der Waals surface area contributed by atoms with Crippen LogP contribution >= 0.6 is 0 Å². The average Bonchev–Trinajstić information content (AvgIpc) is 2.42. The third-order valence-corrected chi connectivity index (χ3v) is 2.96. The first-order valence-corrected chi connectivity index (χ1v) is 6.05. The maximum absolute atomic E-state index is 12.1. The highest BCUT2D eigenvalue weighted by atomic mass is 16.5. The molecule has 0 saturated heterocycles. The first-order chi connectivity index (χ1) is 9.51. The van der Waals surface area contributed by atoms with E-state index < -0.39 is 5.91 Å². The van der Waals surface area contributed by atoms with Crippen LogP contribution in [0, 0.1) is 6.92 Å². The van der Waals surface area contributed by atoms with Gasteiger partial charge in [-0.15, -0.1) is 0 Å². The van der Waals surface area contributed by atoms with E-state index in [0.29, 0.717) is 17.1 Å². The van der Waals surface area contributed by atoms with Crippen molar-refractivity contribution in [3.63, 3.8) is 0 Å². The van der Waals surface area contributed by atoms with Crippen LogP contribution in [0.1, 0.15) is 15.9 Å². The van der Waals surface area contributed by atoms with Crippen molar-refractivity contribution in [1.29, 1.82) is 0 Å². The molecule has 1 amide bonds. The summed E-state index contributed by atoms with van der Waals surface area (Å²) < 4.78 is 4.97. The number of hydrogen-bond acceptors (Lipinski definition) is 4. The monoisotopic (exact) mass is 272 g/mol. The summed E-state index contributed by atoms with van der Waals surface area (Å²) in [5, 5.41) is 12.6. The molecule has 0 saturated carbocycles. The summed E-state index contributed by atoms with van der Waals surface area (Å²) in [6, 6.07) is 9.76. The maximum Gasteiger partial charge on any atom is 0.259 e. The standard InChI is InChI=1S/C15H16N2O3/c1-9-3-4-10(16)7-13(9)17-15(19)12-6-5-11(20-2)8-14(12)18/h3-8,18H,16H2,1-2H3,(H,17,19). The first-order valence-electron chi connectivity index (χ1n) is 6.05. The van der Waals surface area contributed by atoms with E-state index >= 15 is 0 Å². The molecule has 2 aromatic carbocycles. The van der Waals surface area contributed by atoms with Gasteiger partial charge in [0.2, 0.25) is 0 Å². The largest absolute Gasteiger partial charge is 0.507 e. The summed E-state index contributed by atoms with van der Waals surface area (Å²) in [5.74, 6) is -0.0542. The number of aryl methyl sites for hydroxylation is 1. The Morgan fingerprint density at radius 3 is 2.65 bits per heavy atom. The third kappa shape index (κ3) is 2.83. The number of anilines is 2. The summed E-state index contributed by atoms with van der Waals surface area (Å²) >= 11 is 0. The minimum absolute atomic E-state index is 0.136. The number of carbonyl (C=O) groups is 1. The quantitative estimate of drug-likeness (QED) is 0.750. The lowest BCUT2D eigenvalue weighted by atomic mass is 10.1.